The molecule has 1 saturated carbocycles. The molecule has 0 aliphatic heterocycles. The molecule has 7 heteroatoms. The number of hydrogen-bond acceptors (Lipinski definition) is 5. The van der Waals surface area contributed by atoms with Gasteiger partial charge in [-0.05, 0) is 43.5 Å². The number of ether oxygens (including phenoxy) is 1. The molecular formula is C17H19N3O3S. The molecule has 6 nitrogen and oxygen atoms in total. The van der Waals surface area contributed by atoms with Gasteiger partial charge >= 0.3 is 12.0 Å². The number of nitrogens with one attached hydrogen (secondary N) is 1. The van der Waals surface area contributed by atoms with Crippen molar-refractivity contribution in [3.05, 3.63) is 45.9 Å². The third-order valence-electron chi connectivity index (χ3n) is 3.90. The van der Waals surface area contributed by atoms with Crippen molar-refractivity contribution >= 4 is 29.0 Å². The maximum absolute atomic E-state index is 12.7. The van der Waals surface area contributed by atoms with E-state index in [9.17, 15) is 9.59 Å². The number of amides is 2. The van der Waals surface area contributed by atoms with Crippen LogP contribution in [0, 0.1) is 6.92 Å². The molecule has 1 fully saturated rings. The molecule has 0 spiro atoms. The first kappa shape index (κ1) is 16.4. The summed E-state index contributed by atoms with van der Waals surface area (Å²) in [7, 11) is 1.35. The van der Waals surface area contributed by atoms with E-state index in [0.717, 1.165) is 23.3 Å². The van der Waals surface area contributed by atoms with Crippen LogP contribution >= 0.6 is 11.3 Å². The molecule has 0 atom stereocenters. The number of pyridine rings is 1. The van der Waals surface area contributed by atoms with E-state index < -0.39 is 0 Å². The third kappa shape index (κ3) is 3.73. The fourth-order valence-corrected chi connectivity index (χ4v) is 3.33. The van der Waals surface area contributed by atoms with E-state index in [1.807, 2.05) is 24.0 Å². The Kier molecular flexibility index (Phi) is 4.80. The molecule has 126 valence electrons. The number of carbonyl (C=O) groups is 2. The monoisotopic (exact) mass is 345 g/mol. The SMILES string of the molecule is COC(=O)c1cc(NC(=O)N(Cc2ccncc2)C2CC2)c(C)s1. The van der Waals surface area contributed by atoms with Crippen molar-refractivity contribution in [2.24, 2.45) is 0 Å². The van der Waals surface area contributed by atoms with E-state index in [2.05, 4.69) is 10.3 Å². The standard InChI is InChI=1S/C17H19N3O3S/c1-11-14(9-15(24-11)16(21)23-2)19-17(22)20(13-3-4-13)10-12-5-7-18-8-6-12/h5-9,13H,3-4,10H2,1-2H3,(H,19,22). The summed E-state index contributed by atoms with van der Waals surface area (Å²) in [6.45, 7) is 2.42. The predicted octanol–water partition coefficient (Wildman–Crippen LogP) is 3.43. The van der Waals surface area contributed by atoms with Crippen LogP contribution in [0.15, 0.2) is 30.6 Å². The maximum Gasteiger partial charge on any atom is 0.348 e. The normalized spacial score (nSPS) is 13.4. The van der Waals surface area contributed by atoms with Gasteiger partial charge in [0.05, 0.1) is 12.8 Å². The summed E-state index contributed by atoms with van der Waals surface area (Å²) in [5.74, 6) is -0.389. The lowest BCUT2D eigenvalue weighted by Crippen LogP contribution is -2.36. The van der Waals surface area contributed by atoms with E-state index in [0.29, 0.717) is 17.1 Å². The molecule has 0 aromatic carbocycles. The number of methoxy groups -OCH3 is 1. The Hall–Kier alpha value is -2.41. The minimum Gasteiger partial charge on any atom is -0.465 e. The number of nitrogens with zero attached hydrogens (tertiary/aromatic N) is 2. The summed E-state index contributed by atoms with van der Waals surface area (Å²) in [4.78, 5) is 31.5. The summed E-state index contributed by atoms with van der Waals surface area (Å²) >= 11 is 1.31. The van der Waals surface area contributed by atoms with Crippen molar-refractivity contribution in [1.29, 1.82) is 0 Å². The topological polar surface area (TPSA) is 71.5 Å². The summed E-state index contributed by atoms with van der Waals surface area (Å²) in [5, 5.41) is 2.93. The number of anilines is 1. The maximum atomic E-state index is 12.7. The highest BCUT2D eigenvalue weighted by molar-refractivity contribution is 7.14. The fraction of sp³-hybridized carbons (Fsp3) is 0.353. The largest absolute Gasteiger partial charge is 0.465 e. The van der Waals surface area contributed by atoms with Gasteiger partial charge in [0.1, 0.15) is 4.88 Å². The number of thiophene rings is 1. The number of aryl methyl sites for hydroxylation is 1. The highest BCUT2D eigenvalue weighted by atomic mass is 32.1. The number of rotatable bonds is 5. The van der Waals surface area contributed by atoms with Gasteiger partial charge in [-0.25, -0.2) is 9.59 Å². The molecule has 3 rings (SSSR count). The lowest BCUT2D eigenvalue weighted by atomic mass is 10.2. The number of aromatic nitrogens is 1. The van der Waals surface area contributed by atoms with Crippen molar-refractivity contribution < 1.29 is 14.3 Å². The first-order chi connectivity index (χ1) is 11.6. The van der Waals surface area contributed by atoms with E-state index in [4.69, 9.17) is 4.74 Å². The molecule has 0 radical (unpaired) electrons. The average Bonchev–Trinajstić information content (AvgIpc) is 3.37. The highest BCUT2D eigenvalue weighted by Crippen LogP contribution is 2.31. The Morgan fingerprint density at radius 1 is 1.38 bits per heavy atom. The van der Waals surface area contributed by atoms with Crippen LogP contribution in [0.2, 0.25) is 0 Å². The van der Waals surface area contributed by atoms with Crippen molar-refractivity contribution in [3.8, 4) is 0 Å². The zero-order valence-corrected chi connectivity index (χ0v) is 14.4. The molecule has 2 aromatic heterocycles. The van der Waals surface area contributed by atoms with Gasteiger partial charge in [-0.1, -0.05) is 0 Å². The second kappa shape index (κ2) is 7.00. The van der Waals surface area contributed by atoms with Crippen LogP contribution in [0.4, 0.5) is 10.5 Å². The number of esters is 1. The molecule has 2 heterocycles. The van der Waals surface area contributed by atoms with Crippen LogP contribution in [0.3, 0.4) is 0 Å². The molecular weight excluding hydrogens is 326 g/mol. The van der Waals surface area contributed by atoms with Gasteiger partial charge < -0.3 is 15.0 Å². The van der Waals surface area contributed by atoms with Crippen molar-refractivity contribution in [2.45, 2.75) is 32.4 Å². The number of carbonyl (C=O) groups excluding carboxylic acids is 2. The Bertz CT molecular complexity index is 741. The Morgan fingerprint density at radius 2 is 2.08 bits per heavy atom. The van der Waals surface area contributed by atoms with Crippen molar-refractivity contribution in [1.82, 2.24) is 9.88 Å². The van der Waals surface area contributed by atoms with Gasteiger partial charge in [-0.2, -0.15) is 0 Å². The summed E-state index contributed by atoms with van der Waals surface area (Å²) in [6.07, 6.45) is 5.50. The molecule has 1 N–H and O–H groups in total. The number of urea groups is 1. The summed E-state index contributed by atoms with van der Waals surface area (Å²) < 4.78 is 4.73. The van der Waals surface area contributed by atoms with Gasteiger partial charge in [0.25, 0.3) is 0 Å². The Labute approximate surface area is 144 Å². The fourth-order valence-electron chi connectivity index (χ4n) is 2.43. The van der Waals surface area contributed by atoms with Crippen LogP contribution in [0.5, 0.6) is 0 Å². The molecule has 24 heavy (non-hydrogen) atoms. The van der Waals surface area contributed by atoms with Gasteiger partial charge in [-0.3, -0.25) is 4.98 Å². The lowest BCUT2D eigenvalue weighted by Gasteiger charge is -2.23. The van der Waals surface area contributed by atoms with Crippen LogP contribution < -0.4 is 5.32 Å². The van der Waals surface area contributed by atoms with Crippen LogP contribution in [0.1, 0.15) is 33.0 Å². The molecule has 2 amide bonds. The number of hydrogen-bond donors (Lipinski definition) is 1. The van der Waals surface area contributed by atoms with Gasteiger partial charge in [0, 0.05) is 29.9 Å². The van der Waals surface area contributed by atoms with Crippen LogP contribution in [-0.2, 0) is 11.3 Å². The van der Waals surface area contributed by atoms with E-state index >= 15 is 0 Å². The highest BCUT2D eigenvalue weighted by Gasteiger charge is 2.33. The molecule has 0 unspecified atom stereocenters. The minimum absolute atomic E-state index is 0.147. The third-order valence-corrected chi connectivity index (χ3v) is 4.93. The average molecular weight is 345 g/mol. The zero-order valence-electron chi connectivity index (χ0n) is 13.6. The molecule has 1 aliphatic carbocycles. The molecule has 1 aliphatic rings. The first-order valence-electron chi connectivity index (χ1n) is 7.73. The van der Waals surface area contributed by atoms with E-state index in [-0.39, 0.29) is 18.0 Å². The van der Waals surface area contributed by atoms with Crippen LogP contribution in [-0.4, -0.2) is 35.0 Å². The summed E-state index contributed by atoms with van der Waals surface area (Å²) in [5.41, 5.74) is 1.70. The second-order valence-corrected chi connectivity index (χ2v) is 6.97. The van der Waals surface area contributed by atoms with Crippen LogP contribution in [0.25, 0.3) is 0 Å². The van der Waals surface area contributed by atoms with Crippen molar-refractivity contribution in [2.75, 3.05) is 12.4 Å². The summed E-state index contributed by atoms with van der Waals surface area (Å²) in [6, 6.07) is 5.62. The zero-order chi connectivity index (χ0) is 17.1. The molecule has 0 bridgehead atoms. The Balaban J connectivity index is 1.72. The van der Waals surface area contributed by atoms with E-state index in [1.54, 1.807) is 18.5 Å². The quantitative estimate of drug-likeness (QED) is 0.843. The van der Waals surface area contributed by atoms with E-state index in [1.165, 1.54) is 18.4 Å². The smallest absolute Gasteiger partial charge is 0.348 e. The second-order valence-electron chi connectivity index (χ2n) is 5.72. The predicted molar refractivity (Wildman–Crippen MR) is 92.2 cm³/mol. The van der Waals surface area contributed by atoms with Gasteiger partial charge in [0.2, 0.25) is 0 Å². The van der Waals surface area contributed by atoms with Gasteiger partial charge in [-0.15, -0.1) is 11.3 Å². The van der Waals surface area contributed by atoms with Gasteiger partial charge in [0.15, 0.2) is 0 Å². The minimum atomic E-state index is -0.389. The lowest BCUT2D eigenvalue weighted by molar-refractivity contribution is 0.0606. The Morgan fingerprint density at radius 3 is 2.71 bits per heavy atom. The van der Waals surface area contributed by atoms with Crippen molar-refractivity contribution in [3.63, 3.8) is 0 Å². The molecule has 2 aromatic rings. The first-order valence-corrected chi connectivity index (χ1v) is 8.55. The molecule has 0 saturated heterocycles.